The quantitative estimate of drug-likeness (QED) is 0.691. The molecule has 1 atom stereocenters. The first-order chi connectivity index (χ1) is 7.90. The summed E-state index contributed by atoms with van der Waals surface area (Å²) >= 11 is 0. The lowest BCUT2D eigenvalue weighted by Crippen LogP contribution is -2.50. The molecular formula is C13H27N3. The smallest absolute Gasteiger partial charge is 0.0224 e. The Kier molecular flexibility index (Phi) is 5.07. The van der Waals surface area contributed by atoms with E-state index in [4.69, 9.17) is 5.73 Å². The summed E-state index contributed by atoms with van der Waals surface area (Å²) in [5.74, 6) is 0. The highest BCUT2D eigenvalue weighted by molar-refractivity contribution is 4.86. The molecule has 0 saturated carbocycles. The van der Waals surface area contributed by atoms with Gasteiger partial charge in [-0.1, -0.05) is 12.8 Å². The van der Waals surface area contributed by atoms with E-state index in [2.05, 4.69) is 9.80 Å². The third-order valence-corrected chi connectivity index (χ3v) is 4.10. The van der Waals surface area contributed by atoms with Crippen molar-refractivity contribution in [3.8, 4) is 0 Å². The highest BCUT2D eigenvalue weighted by Crippen LogP contribution is 2.21. The molecule has 0 aromatic rings. The lowest BCUT2D eigenvalue weighted by atomic mass is 10.1. The summed E-state index contributed by atoms with van der Waals surface area (Å²) in [5.41, 5.74) is 5.50. The van der Waals surface area contributed by atoms with Crippen LogP contribution >= 0.6 is 0 Å². The van der Waals surface area contributed by atoms with Gasteiger partial charge < -0.3 is 10.6 Å². The van der Waals surface area contributed by atoms with Crippen molar-refractivity contribution in [2.45, 2.75) is 44.6 Å². The van der Waals surface area contributed by atoms with Crippen molar-refractivity contribution >= 4 is 0 Å². The fraction of sp³-hybridized carbons (Fsp3) is 1.00. The van der Waals surface area contributed by atoms with Crippen LogP contribution in [0.1, 0.15) is 38.5 Å². The minimum atomic E-state index is 0.862. The Bertz CT molecular complexity index is 196. The van der Waals surface area contributed by atoms with Crippen LogP contribution < -0.4 is 5.73 Å². The molecule has 2 rings (SSSR count). The largest absolute Gasteiger partial charge is 0.330 e. The molecule has 3 heteroatoms. The van der Waals surface area contributed by atoms with Crippen molar-refractivity contribution in [2.24, 2.45) is 5.73 Å². The molecule has 0 aliphatic carbocycles. The van der Waals surface area contributed by atoms with E-state index in [0.29, 0.717) is 0 Å². The molecule has 2 N–H and O–H groups in total. The SMILES string of the molecule is NCCCCCCN1CCN2CCCC2C1. The molecule has 0 aromatic carbocycles. The van der Waals surface area contributed by atoms with Gasteiger partial charge in [-0.05, 0) is 45.3 Å². The summed E-state index contributed by atoms with van der Waals surface area (Å²) in [7, 11) is 0. The normalized spacial score (nSPS) is 27.2. The number of nitrogens with zero attached hydrogens (tertiary/aromatic N) is 2. The zero-order valence-corrected chi connectivity index (χ0v) is 10.5. The fourth-order valence-electron chi connectivity index (χ4n) is 3.09. The molecule has 0 radical (unpaired) electrons. The van der Waals surface area contributed by atoms with Crippen LogP contribution in [-0.4, -0.2) is 55.1 Å². The first-order valence-electron chi connectivity index (χ1n) is 7.06. The van der Waals surface area contributed by atoms with Gasteiger partial charge in [0, 0.05) is 25.7 Å². The monoisotopic (exact) mass is 225 g/mol. The van der Waals surface area contributed by atoms with Crippen LogP contribution in [0.5, 0.6) is 0 Å². The van der Waals surface area contributed by atoms with E-state index in [0.717, 1.165) is 12.6 Å². The number of piperazine rings is 1. The van der Waals surface area contributed by atoms with Gasteiger partial charge in [-0.25, -0.2) is 0 Å². The molecule has 2 saturated heterocycles. The number of fused-ring (bicyclic) bond motifs is 1. The van der Waals surface area contributed by atoms with Crippen LogP contribution in [0.4, 0.5) is 0 Å². The van der Waals surface area contributed by atoms with E-state index in [9.17, 15) is 0 Å². The molecule has 2 heterocycles. The van der Waals surface area contributed by atoms with E-state index in [1.807, 2.05) is 0 Å². The summed E-state index contributed by atoms with van der Waals surface area (Å²) in [6, 6.07) is 0.887. The number of hydrogen-bond donors (Lipinski definition) is 1. The molecular weight excluding hydrogens is 198 g/mol. The van der Waals surface area contributed by atoms with Gasteiger partial charge in [-0.15, -0.1) is 0 Å². The van der Waals surface area contributed by atoms with E-state index < -0.39 is 0 Å². The molecule has 2 fully saturated rings. The van der Waals surface area contributed by atoms with Crippen molar-refractivity contribution in [1.82, 2.24) is 9.80 Å². The Labute approximate surface area is 100.0 Å². The molecule has 1 unspecified atom stereocenters. The second-order valence-electron chi connectivity index (χ2n) is 5.34. The van der Waals surface area contributed by atoms with Gasteiger partial charge >= 0.3 is 0 Å². The van der Waals surface area contributed by atoms with Crippen LogP contribution in [0.3, 0.4) is 0 Å². The van der Waals surface area contributed by atoms with Gasteiger partial charge in [-0.3, -0.25) is 4.90 Å². The summed E-state index contributed by atoms with van der Waals surface area (Å²) < 4.78 is 0. The molecule has 94 valence electrons. The highest BCUT2D eigenvalue weighted by atomic mass is 15.3. The third-order valence-electron chi connectivity index (χ3n) is 4.10. The van der Waals surface area contributed by atoms with Crippen LogP contribution in [0.25, 0.3) is 0 Å². The first-order valence-corrected chi connectivity index (χ1v) is 7.06. The van der Waals surface area contributed by atoms with Gasteiger partial charge in [0.25, 0.3) is 0 Å². The van der Waals surface area contributed by atoms with Gasteiger partial charge in [0.05, 0.1) is 0 Å². The van der Waals surface area contributed by atoms with Gasteiger partial charge in [0.15, 0.2) is 0 Å². The minimum Gasteiger partial charge on any atom is -0.330 e. The van der Waals surface area contributed by atoms with Crippen LogP contribution in [0, 0.1) is 0 Å². The Morgan fingerprint density at radius 3 is 2.75 bits per heavy atom. The predicted molar refractivity (Wildman–Crippen MR) is 68.6 cm³/mol. The Morgan fingerprint density at radius 2 is 1.88 bits per heavy atom. The zero-order valence-electron chi connectivity index (χ0n) is 10.5. The van der Waals surface area contributed by atoms with Crippen LogP contribution in [-0.2, 0) is 0 Å². The topological polar surface area (TPSA) is 32.5 Å². The summed E-state index contributed by atoms with van der Waals surface area (Å²) in [6.07, 6.45) is 8.11. The standard InChI is InChI=1S/C13H27N3/c14-7-3-1-2-4-8-15-10-11-16-9-5-6-13(16)12-15/h13H,1-12,14H2. The second-order valence-corrected chi connectivity index (χ2v) is 5.34. The van der Waals surface area contributed by atoms with Gasteiger partial charge in [0.2, 0.25) is 0 Å². The van der Waals surface area contributed by atoms with E-state index in [1.165, 1.54) is 71.2 Å². The Hall–Kier alpha value is -0.120. The lowest BCUT2D eigenvalue weighted by molar-refractivity contribution is 0.103. The second kappa shape index (κ2) is 6.58. The summed E-state index contributed by atoms with van der Waals surface area (Å²) in [5, 5.41) is 0. The van der Waals surface area contributed by atoms with E-state index in [1.54, 1.807) is 0 Å². The third kappa shape index (κ3) is 3.44. The maximum atomic E-state index is 5.50. The number of hydrogen-bond acceptors (Lipinski definition) is 3. The number of unbranched alkanes of at least 4 members (excludes halogenated alkanes) is 3. The molecule has 0 spiro atoms. The van der Waals surface area contributed by atoms with Gasteiger partial charge in [0.1, 0.15) is 0 Å². The lowest BCUT2D eigenvalue weighted by Gasteiger charge is -2.37. The van der Waals surface area contributed by atoms with Crippen LogP contribution in [0.2, 0.25) is 0 Å². The van der Waals surface area contributed by atoms with E-state index in [-0.39, 0.29) is 0 Å². The molecule has 16 heavy (non-hydrogen) atoms. The average Bonchev–Trinajstić information content (AvgIpc) is 2.76. The molecule has 2 aliphatic heterocycles. The fourth-order valence-corrected chi connectivity index (χ4v) is 3.09. The van der Waals surface area contributed by atoms with E-state index >= 15 is 0 Å². The van der Waals surface area contributed by atoms with Crippen molar-refractivity contribution in [2.75, 3.05) is 39.3 Å². The minimum absolute atomic E-state index is 0.862. The number of nitrogens with two attached hydrogens (primary N) is 1. The molecule has 2 aliphatic rings. The molecule has 0 bridgehead atoms. The Morgan fingerprint density at radius 1 is 1.00 bits per heavy atom. The average molecular weight is 225 g/mol. The van der Waals surface area contributed by atoms with Crippen molar-refractivity contribution in [3.05, 3.63) is 0 Å². The number of rotatable bonds is 6. The highest BCUT2D eigenvalue weighted by Gasteiger charge is 2.29. The van der Waals surface area contributed by atoms with Crippen molar-refractivity contribution < 1.29 is 0 Å². The van der Waals surface area contributed by atoms with Crippen molar-refractivity contribution in [3.63, 3.8) is 0 Å². The molecule has 0 aromatic heterocycles. The summed E-state index contributed by atoms with van der Waals surface area (Å²) in [4.78, 5) is 5.36. The van der Waals surface area contributed by atoms with Crippen molar-refractivity contribution in [1.29, 1.82) is 0 Å². The maximum absolute atomic E-state index is 5.50. The summed E-state index contributed by atoms with van der Waals surface area (Å²) in [6.45, 7) is 7.47. The first kappa shape index (κ1) is 12.3. The molecule has 3 nitrogen and oxygen atoms in total. The zero-order chi connectivity index (χ0) is 11.2. The molecule has 0 amide bonds. The van der Waals surface area contributed by atoms with Crippen LogP contribution in [0.15, 0.2) is 0 Å². The predicted octanol–water partition coefficient (Wildman–Crippen LogP) is 1.29. The van der Waals surface area contributed by atoms with Gasteiger partial charge in [-0.2, -0.15) is 0 Å². The maximum Gasteiger partial charge on any atom is 0.0224 e. The Balaban J connectivity index is 1.56.